The molecule has 148 valence electrons. The zero-order valence-electron chi connectivity index (χ0n) is 17.0. The van der Waals surface area contributed by atoms with Gasteiger partial charge in [-0.25, -0.2) is 4.79 Å². The van der Waals surface area contributed by atoms with E-state index in [1.165, 1.54) is 0 Å². The quantitative estimate of drug-likeness (QED) is 0.475. The van der Waals surface area contributed by atoms with Gasteiger partial charge in [0.1, 0.15) is 5.58 Å². The van der Waals surface area contributed by atoms with Crippen LogP contribution in [-0.4, -0.2) is 25.4 Å². The molecule has 3 aromatic rings. The first kappa shape index (κ1) is 19.0. The summed E-state index contributed by atoms with van der Waals surface area (Å²) in [5.74, 6) is -0.764. The SMILES string of the molecule is Cc1c(C(=O)OCC(=O)/C=C2/N(C)c3ccccc3C2(C)C)oc2ccccc12. The highest BCUT2D eigenvalue weighted by atomic mass is 16.5. The van der Waals surface area contributed by atoms with Crippen LogP contribution >= 0.6 is 0 Å². The van der Waals surface area contributed by atoms with Gasteiger partial charge in [0.05, 0.1) is 0 Å². The minimum absolute atomic E-state index is 0.136. The van der Waals surface area contributed by atoms with Gasteiger partial charge in [-0.15, -0.1) is 0 Å². The summed E-state index contributed by atoms with van der Waals surface area (Å²) in [4.78, 5) is 27.0. The van der Waals surface area contributed by atoms with E-state index in [4.69, 9.17) is 9.15 Å². The zero-order valence-corrected chi connectivity index (χ0v) is 17.0. The Hall–Kier alpha value is -3.34. The van der Waals surface area contributed by atoms with Crippen molar-refractivity contribution >= 4 is 28.4 Å². The molecule has 0 N–H and O–H groups in total. The van der Waals surface area contributed by atoms with Crippen LogP contribution in [0.4, 0.5) is 5.69 Å². The molecule has 4 rings (SSSR count). The number of rotatable bonds is 4. The Bertz CT molecular complexity index is 1150. The molecule has 1 aromatic heterocycles. The number of ketones is 1. The molecular weight excluding hydrogens is 366 g/mol. The molecule has 0 saturated carbocycles. The van der Waals surface area contributed by atoms with Gasteiger partial charge in [-0.1, -0.05) is 50.2 Å². The van der Waals surface area contributed by atoms with E-state index in [-0.39, 0.29) is 23.6 Å². The van der Waals surface area contributed by atoms with Crippen LogP contribution in [0.25, 0.3) is 11.0 Å². The van der Waals surface area contributed by atoms with Crippen molar-refractivity contribution in [3.63, 3.8) is 0 Å². The Morgan fingerprint density at radius 2 is 1.79 bits per heavy atom. The van der Waals surface area contributed by atoms with Crippen molar-refractivity contribution in [1.82, 2.24) is 0 Å². The number of nitrogens with zero attached hydrogens (tertiary/aromatic N) is 1. The third-order valence-electron chi connectivity index (χ3n) is 5.61. The summed E-state index contributed by atoms with van der Waals surface area (Å²) in [5.41, 5.74) is 4.14. The lowest BCUT2D eigenvalue weighted by atomic mass is 9.83. The number of para-hydroxylation sites is 2. The van der Waals surface area contributed by atoms with E-state index in [0.717, 1.165) is 22.3 Å². The molecule has 0 fully saturated rings. The second-order valence-corrected chi connectivity index (χ2v) is 7.83. The number of esters is 1. The Kier molecular flexibility index (Phi) is 4.53. The summed E-state index contributed by atoms with van der Waals surface area (Å²) in [6, 6.07) is 15.5. The molecule has 29 heavy (non-hydrogen) atoms. The highest BCUT2D eigenvalue weighted by Crippen LogP contribution is 2.46. The number of allylic oxidation sites excluding steroid dienone is 1. The molecule has 0 saturated heterocycles. The van der Waals surface area contributed by atoms with E-state index in [2.05, 4.69) is 19.9 Å². The largest absolute Gasteiger partial charge is 0.451 e. The normalized spacial score (nSPS) is 16.3. The van der Waals surface area contributed by atoms with Gasteiger partial charge in [-0.2, -0.15) is 0 Å². The third kappa shape index (κ3) is 3.12. The standard InChI is InChI=1S/C24H23NO4/c1-15-17-9-5-8-12-20(17)29-22(15)23(27)28-14-16(26)13-21-24(2,3)18-10-6-7-11-19(18)25(21)4/h5-13H,14H2,1-4H3/b21-13+. The van der Waals surface area contributed by atoms with Crippen LogP contribution < -0.4 is 4.90 Å². The first-order valence-corrected chi connectivity index (χ1v) is 9.54. The van der Waals surface area contributed by atoms with E-state index in [9.17, 15) is 9.59 Å². The van der Waals surface area contributed by atoms with Crippen molar-refractivity contribution in [1.29, 1.82) is 0 Å². The Balaban J connectivity index is 1.50. The van der Waals surface area contributed by atoms with Crippen molar-refractivity contribution < 1.29 is 18.7 Å². The van der Waals surface area contributed by atoms with Gasteiger partial charge in [0.15, 0.2) is 12.4 Å². The summed E-state index contributed by atoms with van der Waals surface area (Å²) in [5, 5.41) is 0.861. The summed E-state index contributed by atoms with van der Waals surface area (Å²) < 4.78 is 10.9. The number of carbonyl (C=O) groups is 2. The average molecular weight is 389 g/mol. The number of ether oxygens (including phenoxy) is 1. The molecule has 0 amide bonds. The zero-order chi connectivity index (χ0) is 20.8. The van der Waals surface area contributed by atoms with Gasteiger partial charge in [-0.05, 0) is 24.6 Å². The highest BCUT2D eigenvalue weighted by Gasteiger charge is 2.38. The van der Waals surface area contributed by atoms with Gasteiger partial charge < -0.3 is 14.1 Å². The van der Waals surface area contributed by atoms with E-state index in [1.54, 1.807) is 19.1 Å². The average Bonchev–Trinajstić information content (AvgIpc) is 3.15. The fourth-order valence-electron chi connectivity index (χ4n) is 4.02. The van der Waals surface area contributed by atoms with Crippen molar-refractivity contribution in [2.45, 2.75) is 26.2 Å². The molecule has 0 radical (unpaired) electrons. The molecule has 2 aromatic carbocycles. The molecule has 5 heteroatoms. The number of furan rings is 1. The fourth-order valence-corrected chi connectivity index (χ4v) is 4.02. The fraction of sp³-hybridized carbons (Fsp3) is 0.250. The monoisotopic (exact) mass is 389 g/mol. The third-order valence-corrected chi connectivity index (χ3v) is 5.61. The summed E-state index contributed by atoms with van der Waals surface area (Å²) in [7, 11) is 1.94. The summed E-state index contributed by atoms with van der Waals surface area (Å²) in [6.45, 7) is 5.63. The van der Waals surface area contributed by atoms with Crippen molar-refractivity contribution in [2.75, 3.05) is 18.6 Å². The maximum Gasteiger partial charge on any atom is 0.375 e. The Morgan fingerprint density at radius 1 is 1.10 bits per heavy atom. The number of anilines is 1. The molecular formula is C24H23NO4. The predicted molar refractivity (Wildman–Crippen MR) is 112 cm³/mol. The lowest BCUT2D eigenvalue weighted by molar-refractivity contribution is -0.117. The smallest absolute Gasteiger partial charge is 0.375 e. The van der Waals surface area contributed by atoms with Crippen LogP contribution in [0.15, 0.2) is 64.7 Å². The molecule has 0 spiro atoms. The number of aryl methyl sites for hydroxylation is 1. The lowest BCUT2D eigenvalue weighted by Gasteiger charge is -2.23. The maximum atomic E-state index is 12.6. The van der Waals surface area contributed by atoms with Crippen LogP contribution in [0.5, 0.6) is 0 Å². The van der Waals surface area contributed by atoms with E-state index >= 15 is 0 Å². The van der Waals surface area contributed by atoms with Gasteiger partial charge >= 0.3 is 5.97 Å². The van der Waals surface area contributed by atoms with E-state index < -0.39 is 5.97 Å². The van der Waals surface area contributed by atoms with Crippen LogP contribution in [0.2, 0.25) is 0 Å². The minimum atomic E-state index is -0.632. The number of hydrogen-bond donors (Lipinski definition) is 0. The molecule has 2 heterocycles. The van der Waals surface area contributed by atoms with Gasteiger partial charge in [0.2, 0.25) is 5.76 Å². The Morgan fingerprint density at radius 3 is 2.52 bits per heavy atom. The molecule has 0 bridgehead atoms. The molecule has 5 nitrogen and oxygen atoms in total. The van der Waals surface area contributed by atoms with Crippen LogP contribution in [0.1, 0.15) is 35.5 Å². The van der Waals surface area contributed by atoms with Gasteiger partial charge in [-0.3, -0.25) is 4.79 Å². The summed E-state index contributed by atoms with van der Waals surface area (Å²) in [6.07, 6.45) is 1.57. The van der Waals surface area contributed by atoms with Crippen LogP contribution in [0, 0.1) is 6.92 Å². The molecule has 1 aliphatic heterocycles. The first-order valence-electron chi connectivity index (χ1n) is 9.54. The van der Waals surface area contributed by atoms with E-state index in [1.807, 2.05) is 48.3 Å². The van der Waals surface area contributed by atoms with Crippen LogP contribution in [-0.2, 0) is 14.9 Å². The molecule has 0 atom stereocenters. The van der Waals surface area contributed by atoms with E-state index in [0.29, 0.717) is 11.1 Å². The molecule has 0 unspecified atom stereocenters. The maximum absolute atomic E-state index is 12.6. The van der Waals surface area contributed by atoms with Gasteiger partial charge in [0.25, 0.3) is 0 Å². The Labute approximate surface area is 169 Å². The summed E-state index contributed by atoms with van der Waals surface area (Å²) >= 11 is 0. The van der Waals surface area contributed by atoms with Gasteiger partial charge in [0, 0.05) is 40.9 Å². The second-order valence-electron chi connectivity index (χ2n) is 7.83. The topological polar surface area (TPSA) is 59.8 Å². The van der Waals surface area contributed by atoms with Crippen molar-refractivity contribution in [3.8, 4) is 0 Å². The second kappa shape index (κ2) is 6.92. The molecule has 0 aliphatic carbocycles. The lowest BCUT2D eigenvalue weighted by Crippen LogP contribution is -2.25. The number of carbonyl (C=O) groups excluding carboxylic acids is 2. The minimum Gasteiger partial charge on any atom is -0.451 e. The number of fused-ring (bicyclic) bond motifs is 2. The van der Waals surface area contributed by atoms with Crippen molar-refractivity contribution in [3.05, 3.63) is 77.2 Å². The first-order chi connectivity index (χ1) is 13.8. The highest BCUT2D eigenvalue weighted by molar-refractivity contribution is 5.98. The number of benzene rings is 2. The number of hydrogen-bond acceptors (Lipinski definition) is 5. The molecule has 1 aliphatic rings. The number of likely N-dealkylation sites (N-methyl/N-ethyl adjacent to an activating group) is 1. The van der Waals surface area contributed by atoms with Crippen LogP contribution in [0.3, 0.4) is 0 Å². The predicted octanol–water partition coefficient (Wildman–Crippen LogP) is 4.78. The van der Waals surface area contributed by atoms with Crippen molar-refractivity contribution in [2.24, 2.45) is 0 Å².